The highest BCUT2D eigenvalue weighted by Gasteiger charge is 2.32. The van der Waals surface area contributed by atoms with Gasteiger partial charge in [-0.3, -0.25) is 14.7 Å². The van der Waals surface area contributed by atoms with Crippen LogP contribution in [0, 0.1) is 5.92 Å². The van der Waals surface area contributed by atoms with E-state index in [0.717, 1.165) is 18.8 Å². The second-order valence-electron chi connectivity index (χ2n) is 6.71. The second kappa shape index (κ2) is 5.72. The molecule has 2 fully saturated rings. The van der Waals surface area contributed by atoms with E-state index in [9.17, 15) is 4.79 Å². The smallest absolute Gasteiger partial charge is 0.271 e. The first-order valence-corrected chi connectivity index (χ1v) is 7.91. The van der Waals surface area contributed by atoms with Gasteiger partial charge in [-0.1, -0.05) is 6.92 Å². The van der Waals surface area contributed by atoms with E-state index < -0.39 is 0 Å². The third-order valence-electron chi connectivity index (χ3n) is 4.59. The molecule has 1 saturated heterocycles. The highest BCUT2D eigenvalue weighted by Crippen LogP contribution is 2.38. The summed E-state index contributed by atoms with van der Waals surface area (Å²) in [4.78, 5) is 23.3. The van der Waals surface area contributed by atoms with Crippen LogP contribution in [0.4, 0.5) is 0 Å². The van der Waals surface area contributed by atoms with Crippen LogP contribution in [0.3, 0.4) is 0 Å². The highest BCUT2D eigenvalue weighted by molar-refractivity contribution is 5.92. The zero-order valence-electron chi connectivity index (χ0n) is 13.0. The lowest BCUT2D eigenvalue weighted by atomic mass is 10.1. The standard InChI is InChI=1S/C16H24N4O/c1-10(2)20-8-11(3)15(9-20)19-16(21)14-7-17-13(6-18-14)12-4-5-12/h6-7,10-12,15H,4-5,8-9H2,1-3H3,(H,19,21)/t11-,15-/m0/s1. The van der Waals surface area contributed by atoms with E-state index >= 15 is 0 Å². The van der Waals surface area contributed by atoms with Crippen molar-refractivity contribution < 1.29 is 4.79 Å². The molecule has 2 aliphatic rings. The van der Waals surface area contributed by atoms with Gasteiger partial charge in [-0.2, -0.15) is 0 Å². The van der Waals surface area contributed by atoms with Crippen LogP contribution in [0.1, 0.15) is 55.7 Å². The van der Waals surface area contributed by atoms with E-state index in [4.69, 9.17) is 0 Å². The Labute approximate surface area is 126 Å². The number of nitrogens with zero attached hydrogens (tertiary/aromatic N) is 3. The molecule has 0 aromatic carbocycles. The minimum absolute atomic E-state index is 0.104. The summed E-state index contributed by atoms with van der Waals surface area (Å²) < 4.78 is 0. The SMILES string of the molecule is CC(C)N1C[C@H](NC(=O)c2cnc(C3CC3)cn2)[C@@H](C)C1. The van der Waals surface area contributed by atoms with Crippen LogP contribution in [0.25, 0.3) is 0 Å². The number of nitrogens with one attached hydrogen (secondary N) is 1. The molecule has 21 heavy (non-hydrogen) atoms. The van der Waals surface area contributed by atoms with Crippen molar-refractivity contribution in [3.05, 3.63) is 23.8 Å². The lowest BCUT2D eigenvalue weighted by Gasteiger charge is -2.20. The van der Waals surface area contributed by atoms with Gasteiger partial charge in [0.2, 0.25) is 0 Å². The third-order valence-corrected chi connectivity index (χ3v) is 4.59. The molecule has 5 heteroatoms. The molecule has 1 aliphatic carbocycles. The van der Waals surface area contributed by atoms with Crippen LogP contribution in [0.15, 0.2) is 12.4 Å². The van der Waals surface area contributed by atoms with Crippen molar-refractivity contribution in [3.63, 3.8) is 0 Å². The van der Waals surface area contributed by atoms with E-state index in [2.05, 4.69) is 41.0 Å². The summed E-state index contributed by atoms with van der Waals surface area (Å²) in [5.41, 5.74) is 1.45. The number of rotatable bonds is 4. The van der Waals surface area contributed by atoms with Crippen LogP contribution in [-0.4, -0.2) is 45.9 Å². The first kappa shape index (κ1) is 14.4. The summed E-state index contributed by atoms with van der Waals surface area (Å²) in [6, 6.07) is 0.719. The summed E-state index contributed by atoms with van der Waals surface area (Å²) >= 11 is 0. The third kappa shape index (κ3) is 3.23. The second-order valence-corrected chi connectivity index (χ2v) is 6.71. The predicted octanol–water partition coefficient (Wildman–Crippen LogP) is 1.81. The molecule has 1 saturated carbocycles. The average Bonchev–Trinajstić information content (AvgIpc) is 3.24. The van der Waals surface area contributed by atoms with Crippen LogP contribution < -0.4 is 5.32 Å². The maximum absolute atomic E-state index is 12.3. The van der Waals surface area contributed by atoms with Crippen molar-refractivity contribution in [2.75, 3.05) is 13.1 Å². The molecule has 1 N–H and O–H groups in total. The van der Waals surface area contributed by atoms with Crippen molar-refractivity contribution in [2.45, 2.75) is 51.6 Å². The minimum Gasteiger partial charge on any atom is -0.346 e. The molecular weight excluding hydrogens is 264 g/mol. The van der Waals surface area contributed by atoms with Crippen LogP contribution in [0.5, 0.6) is 0 Å². The molecule has 114 valence electrons. The van der Waals surface area contributed by atoms with Crippen molar-refractivity contribution >= 4 is 5.91 Å². The zero-order chi connectivity index (χ0) is 15.0. The Kier molecular flexibility index (Phi) is 3.93. The summed E-state index contributed by atoms with van der Waals surface area (Å²) in [5, 5.41) is 3.11. The zero-order valence-corrected chi connectivity index (χ0v) is 13.0. The van der Waals surface area contributed by atoms with Gasteiger partial charge < -0.3 is 5.32 Å². The maximum Gasteiger partial charge on any atom is 0.271 e. The molecule has 0 bridgehead atoms. The van der Waals surface area contributed by atoms with E-state index in [1.165, 1.54) is 12.8 Å². The van der Waals surface area contributed by atoms with Crippen LogP contribution in [-0.2, 0) is 0 Å². The van der Waals surface area contributed by atoms with Crippen molar-refractivity contribution in [1.82, 2.24) is 20.2 Å². The maximum atomic E-state index is 12.3. The normalized spacial score (nSPS) is 26.3. The van der Waals surface area contributed by atoms with Gasteiger partial charge in [-0.05, 0) is 32.6 Å². The molecule has 1 aromatic heterocycles. The molecule has 1 aromatic rings. The molecule has 3 rings (SSSR count). The van der Waals surface area contributed by atoms with Gasteiger partial charge in [0.1, 0.15) is 5.69 Å². The molecule has 0 spiro atoms. The average molecular weight is 288 g/mol. The van der Waals surface area contributed by atoms with Gasteiger partial charge in [-0.15, -0.1) is 0 Å². The summed E-state index contributed by atoms with van der Waals surface area (Å²) in [6.07, 6.45) is 5.77. The Bertz CT molecular complexity index is 510. The number of carbonyl (C=O) groups excluding carboxylic acids is 1. The Morgan fingerprint density at radius 2 is 2.05 bits per heavy atom. The fraction of sp³-hybridized carbons (Fsp3) is 0.688. The van der Waals surface area contributed by atoms with Gasteiger partial charge in [0, 0.05) is 37.3 Å². The van der Waals surface area contributed by atoms with E-state index in [0.29, 0.717) is 23.6 Å². The van der Waals surface area contributed by atoms with Gasteiger partial charge >= 0.3 is 0 Å². The largest absolute Gasteiger partial charge is 0.346 e. The van der Waals surface area contributed by atoms with Crippen molar-refractivity contribution in [1.29, 1.82) is 0 Å². The fourth-order valence-electron chi connectivity index (χ4n) is 2.90. The molecule has 1 aliphatic heterocycles. The quantitative estimate of drug-likeness (QED) is 0.918. The lowest BCUT2D eigenvalue weighted by molar-refractivity contribution is 0.0925. The molecule has 1 amide bonds. The monoisotopic (exact) mass is 288 g/mol. The Morgan fingerprint density at radius 1 is 1.29 bits per heavy atom. The predicted molar refractivity (Wildman–Crippen MR) is 81.1 cm³/mol. The van der Waals surface area contributed by atoms with Gasteiger partial charge in [0.05, 0.1) is 11.9 Å². The molecule has 2 heterocycles. The Hall–Kier alpha value is -1.49. The number of likely N-dealkylation sites (tertiary alicyclic amines) is 1. The number of aromatic nitrogens is 2. The van der Waals surface area contributed by atoms with Crippen LogP contribution >= 0.6 is 0 Å². The van der Waals surface area contributed by atoms with Gasteiger partial charge in [-0.25, -0.2) is 4.98 Å². The molecular formula is C16H24N4O. The Balaban J connectivity index is 1.60. The fourth-order valence-corrected chi connectivity index (χ4v) is 2.90. The molecule has 5 nitrogen and oxygen atoms in total. The van der Waals surface area contributed by atoms with E-state index in [-0.39, 0.29) is 11.9 Å². The lowest BCUT2D eigenvalue weighted by Crippen LogP contribution is -2.40. The topological polar surface area (TPSA) is 58.1 Å². The van der Waals surface area contributed by atoms with Gasteiger partial charge in [0.15, 0.2) is 0 Å². The summed E-state index contributed by atoms with van der Waals surface area (Å²) in [7, 11) is 0. The number of carbonyl (C=O) groups is 1. The molecule has 0 radical (unpaired) electrons. The summed E-state index contributed by atoms with van der Waals surface area (Å²) in [5.74, 6) is 0.936. The van der Waals surface area contributed by atoms with Gasteiger partial charge in [0.25, 0.3) is 5.91 Å². The first-order chi connectivity index (χ1) is 10.0. The van der Waals surface area contributed by atoms with E-state index in [1.54, 1.807) is 12.4 Å². The number of hydrogen-bond acceptors (Lipinski definition) is 4. The molecule has 0 unspecified atom stereocenters. The number of amides is 1. The first-order valence-electron chi connectivity index (χ1n) is 7.91. The van der Waals surface area contributed by atoms with E-state index in [1.807, 2.05) is 0 Å². The molecule has 2 atom stereocenters. The van der Waals surface area contributed by atoms with Crippen LogP contribution in [0.2, 0.25) is 0 Å². The highest BCUT2D eigenvalue weighted by atomic mass is 16.2. The minimum atomic E-state index is -0.104. The van der Waals surface area contributed by atoms with Crippen molar-refractivity contribution in [3.8, 4) is 0 Å². The van der Waals surface area contributed by atoms with Crippen molar-refractivity contribution in [2.24, 2.45) is 5.92 Å². The summed E-state index contributed by atoms with van der Waals surface area (Å²) in [6.45, 7) is 8.53. The number of hydrogen-bond donors (Lipinski definition) is 1. The Morgan fingerprint density at radius 3 is 2.57 bits per heavy atom.